The minimum absolute atomic E-state index is 0.155. The first-order chi connectivity index (χ1) is 17.3. The van der Waals surface area contributed by atoms with E-state index in [2.05, 4.69) is 13.2 Å². The van der Waals surface area contributed by atoms with E-state index in [0.717, 1.165) is 16.7 Å². The van der Waals surface area contributed by atoms with Gasteiger partial charge in [0, 0.05) is 13.7 Å². The SMILES string of the molecule is C=C[C@H]1OC(C)(C)O[C@H]1[C@H](CC(=C)COCOC)N(Cc1ccccc1)C(=O)OCc1ccccc1. The molecule has 1 saturated heterocycles. The van der Waals surface area contributed by atoms with Crippen LogP contribution in [0.25, 0.3) is 0 Å². The summed E-state index contributed by atoms with van der Waals surface area (Å²) in [5.74, 6) is -0.831. The van der Waals surface area contributed by atoms with Gasteiger partial charge in [-0.3, -0.25) is 4.90 Å². The molecular weight excluding hydrogens is 458 g/mol. The highest BCUT2D eigenvalue weighted by Crippen LogP contribution is 2.35. The van der Waals surface area contributed by atoms with Crippen LogP contribution in [0, 0.1) is 0 Å². The average Bonchev–Trinajstić information content (AvgIpc) is 3.20. The summed E-state index contributed by atoms with van der Waals surface area (Å²) < 4.78 is 28.7. The maximum Gasteiger partial charge on any atom is 0.410 e. The van der Waals surface area contributed by atoms with Crippen molar-refractivity contribution in [3.63, 3.8) is 0 Å². The number of nitrogens with zero attached hydrogens (tertiary/aromatic N) is 1. The Morgan fingerprint density at radius 3 is 2.33 bits per heavy atom. The van der Waals surface area contributed by atoms with Crippen molar-refractivity contribution in [1.29, 1.82) is 0 Å². The average molecular weight is 496 g/mol. The normalized spacial score (nSPS) is 19.4. The Balaban J connectivity index is 1.90. The highest BCUT2D eigenvalue weighted by molar-refractivity contribution is 5.68. The van der Waals surface area contributed by atoms with Crippen molar-refractivity contribution >= 4 is 6.09 Å². The lowest BCUT2D eigenvalue weighted by Crippen LogP contribution is -2.50. The number of carbonyl (C=O) groups is 1. The molecule has 7 nitrogen and oxygen atoms in total. The molecule has 0 saturated carbocycles. The summed E-state index contributed by atoms with van der Waals surface area (Å²) in [4.78, 5) is 15.3. The van der Waals surface area contributed by atoms with Crippen molar-refractivity contribution in [3.05, 3.63) is 96.6 Å². The van der Waals surface area contributed by atoms with E-state index in [1.165, 1.54) is 0 Å². The third-order valence-corrected chi connectivity index (χ3v) is 5.82. The third-order valence-electron chi connectivity index (χ3n) is 5.82. The van der Waals surface area contributed by atoms with Gasteiger partial charge in [0.25, 0.3) is 0 Å². The van der Waals surface area contributed by atoms with Gasteiger partial charge in [0.2, 0.25) is 0 Å². The summed E-state index contributed by atoms with van der Waals surface area (Å²) in [5.41, 5.74) is 2.67. The molecule has 36 heavy (non-hydrogen) atoms. The highest BCUT2D eigenvalue weighted by Gasteiger charge is 2.47. The fourth-order valence-corrected chi connectivity index (χ4v) is 4.22. The van der Waals surface area contributed by atoms with Crippen molar-refractivity contribution in [2.75, 3.05) is 20.5 Å². The Morgan fingerprint density at radius 1 is 1.08 bits per heavy atom. The lowest BCUT2D eigenvalue weighted by Gasteiger charge is -2.36. The van der Waals surface area contributed by atoms with E-state index in [9.17, 15) is 4.79 Å². The molecule has 0 unspecified atom stereocenters. The summed E-state index contributed by atoms with van der Waals surface area (Å²) in [5, 5.41) is 0. The quantitative estimate of drug-likeness (QED) is 0.209. The molecule has 3 atom stereocenters. The van der Waals surface area contributed by atoms with E-state index in [0.29, 0.717) is 13.0 Å². The number of benzene rings is 2. The topological polar surface area (TPSA) is 66.5 Å². The molecule has 7 heteroatoms. The molecule has 0 aromatic heterocycles. The Bertz CT molecular complexity index is 978. The summed E-state index contributed by atoms with van der Waals surface area (Å²) in [6, 6.07) is 18.9. The summed E-state index contributed by atoms with van der Waals surface area (Å²) >= 11 is 0. The highest BCUT2D eigenvalue weighted by atomic mass is 16.8. The van der Waals surface area contributed by atoms with Crippen molar-refractivity contribution in [2.45, 2.75) is 57.5 Å². The molecular formula is C29H37NO6. The van der Waals surface area contributed by atoms with Gasteiger partial charge in [0.1, 0.15) is 25.6 Å². The van der Waals surface area contributed by atoms with Crippen LogP contribution in [-0.4, -0.2) is 55.5 Å². The third kappa shape index (κ3) is 8.03. The Kier molecular flexibility index (Phi) is 10.3. The molecule has 1 aliphatic rings. The van der Waals surface area contributed by atoms with Gasteiger partial charge in [-0.1, -0.05) is 73.3 Å². The lowest BCUT2D eigenvalue weighted by atomic mass is 9.96. The fraction of sp³-hybridized carbons (Fsp3) is 0.414. The summed E-state index contributed by atoms with van der Waals surface area (Å²) in [7, 11) is 1.57. The predicted octanol–water partition coefficient (Wildman–Crippen LogP) is 5.47. The Labute approximate surface area is 214 Å². The van der Waals surface area contributed by atoms with Crippen LogP contribution >= 0.6 is 0 Å². The van der Waals surface area contributed by atoms with Crippen LogP contribution in [0.2, 0.25) is 0 Å². The second-order valence-corrected chi connectivity index (χ2v) is 9.23. The van der Waals surface area contributed by atoms with E-state index >= 15 is 0 Å². The molecule has 1 fully saturated rings. The number of hydrogen-bond acceptors (Lipinski definition) is 6. The monoisotopic (exact) mass is 495 g/mol. The van der Waals surface area contributed by atoms with Crippen LogP contribution in [0.4, 0.5) is 4.79 Å². The minimum atomic E-state index is -0.831. The first-order valence-electron chi connectivity index (χ1n) is 12.1. The largest absolute Gasteiger partial charge is 0.445 e. The Hall–Kier alpha value is -2.97. The molecule has 194 valence electrons. The maximum atomic E-state index is 13.6. The van der Waals surface area contributed by atoms with Gasteiger partial charge in [0.05, 0.1) is 12.6 Å². The smallest absolute Gasteiger partial charge is 0.410 e. The number of ether oxygens (including phenoxy) is 5. The second-order valence-electron chi connectivity index (χ2n) is 9.23. The van der Waals surface area contributed by atoms with E-state index in [4.69, 9.17) is 23.7 Å². The van der Waals surface area contributed by atoms with Crippen molar-refractivity contribution in [1.82, 2.24) is 4.90 Å². The predicted molar refractivity (Wildman–Crippen MR) is 138 cm³/mol. The molecule has 0 aliphatic carbocycles. The molecule has 1 aliphatic heterocycles. The van der Waals surface area contributed by atoms with Crippen molar-refractivity contribution < 1.29 is 28.5 Å². The summed E-state index contributed by atoms with van der Waals surface area (Å²) in [6.45, 7) is 12.8. The maximum absolute atomic E-state index is 13.6. The molecule has 0 spiro atoms. The van der Waals surface area contributed by atoms with Gasteiger partial charge < -0.3 is 23.7 Å². The number of rotatable bonds is 13. The zero-order valence-corrected chi connectivity index (χ0v) is 21.4. The fourth-order valence-electron chi connectivity index (χ4n) is 4.22. The van der Waals surface area contributed by atoms with Crippen molar-refractivity contribution in [3.8, 4) is 0 Å². The molecule has 1 heterocycles. The standard InChI is InChI=1S/C29H37NO6/c1-6-26-27(36-29(3,4)35-26)25(17-22(2)19-33-21-32-5)30(18-23-13-9-7-10-14-23)28(31)34-20-24-15-11-8-12-16-24/h6-16,25-27H,1-2,17-21H2,3-5H3/t25-,26+,27-/m0/s1. The number of amides is 1. The summed E-state index contributed by atoms with van der Waals surface area (Å²) in [6.07, 6.45) is 0.787. The van der Waals surface area contributed by atoms with Gasteiger partial charge in [-0.25, -0.2) is 4.79 Å². The van der Waals surface area contributed by atoms with Crippen LogP contribution in [0.1, 0.15) is 31.4 Å². The van der Waals surface area contributed by atoms with Gasteiger partial charge in [0.15, 0.2) is 5.79 Å². The van der Waals surface area contributed by atoms with E-state index in [-0.39, 0.29) is 20.0 Å². The molecule has 0 N–H and O–H groups in total. The van der Waals surface area contributed by atoms with Crippen LogP contribution in [0.15, 0.2) is 85.5 Å². The molecule has 3 rings (SSSR count). The zero-order valence-electron chi connectivity index (χ0n) is 21.4. The molecule has 2 aromatic rings. The van der Waals surface area contributed by atoms with Crippen LogP contribution < -0.4 is 0 Å². The first kappa shape index (κ1) is 27.6. The van der Waals surface area contributed by atoms with Gasteiger partial charge in [-0.2, -0.15) is 0 Å². The molecule has 0 radical (unpaired) electrons. The van der Waals surface area contributed by atoms with Crippen molar-refractivity contribution in [2.24, 2.45) is 0 Å². The second kappa shape index (κ2) is 13.4. The van der Waals surface area contributed by atoms with Crippen LogP contribution in [-0.2, 0) is 36.8 Å². The van der Waals surface area contributed by atoms with Crippen LogP contribution in [0.5, 0.6) is 0 Å². The number of methoxy groups -OCH3 is 1. The first-order valence-corrected chi connectivity index (χ1v) is 12.1. The molecule has 1 amide bonds. The van der Waals surface area contributed by atoms with Crippen LogP contribution in [0.3, 0.4) is 0 Å². The van der Waals surface area contributed by atoms with E-state index < -0.39 is 30.1 Å². The molecule has 0 bridgehead atoms. The zero-order chi connectivity index (χ0) is 26.0. The number of hydrogen-bond donors (Lipinski definition) is 0. The van der Waals surface area contributed by atoms with E-state index in [1.807, 2.05) is 74.5 Å². The van der Waals surface area contributed by atoms with Gasteiger partial charge in [-0.05, 0) is 37.0 Å². The minimum Gasteiger partial charge on any atom is -0.445 e. The molecule has 2 aromatic carbocycles. The van der Waals surface area contributed by atoms with E-state index in [1.54, 1.807) is 18.1 Å². The Morgan fingerprint density at radius 2 is 1.72 bits per heavy atom. The number of carbonyl (C=O) groups excluding carboxylic acids is 1. The van der Waals surface area contributed by atoms with Gasteiger partial charge >= 0.3 is 6.09 Å². The van der Waals surface area contributed by atoms with Gasteiger partial charge in [-0.15, -0.1) is 6.58 Å². The lowest BCUT2D eigenvalue weighted by molar-refractivity contribution is -0.149.